The van der Waals surface area contributed by atoms with E-state index < -0.39 is 0 Å². The number of halogens is 1. The number of rotatable bonds is 5. The van der Waals surface area contributed by atoms with Gasteiger partial charge in [-0.25, -0.2) is 4.79 Å². The topological polar surface area (TPSA) is 38.8 Å². The molecular weight excluding hydrogens is 356 g/mol. The lowest BCUT2D eigenvalue weighted by molar-refractivity contribution is 0.194. The molecule has 0 radical (unpaired) electrons. The molecule has 0 aliphatic carbocycles. The Morgan fingerprint density at radius 2 is 1.96 bits per heavy atom. The Hall–Kier alpha value is -1.27. The van der Waals surface area contributed by atoms with Crippen LogP contribution in [0.5, 0.6) is 0 Å². The van der Waals surface area contributed by atoms with Gasteiger partial charge >= 0.3 is 6.03 Å². The van der Waals surface area contributed by atoms with Crippen LogP contribution in [-0.4, -0.2) is 69.2 Å². The number of hydrogen-bond acceptors (Lipinski definition) is 3. The average Bonchev–Trinajstić information content (AvgIpc) is 2.51. The predicted molar refractivity (Wildman–Crippen MR) is 99.2 cm³/mol. The minimum absolute atomic E-state index is 0.0615. The molecular formula is C17H27BrN4O. The summed E-state index contributed by atoms with van der Waals surface area (Å²) in [5, 5.41) is 3.01. The summed E-state index contributed by atoms with van der Waals surface area (Å²) < 4.78 is 1.12. The first kappa shape index (κ1) is 18.1. The maximum atomic E-state index is 12.2. The molecule has 0 aromatic heterocycles. The van der Waals surface area contributed by atoms with Gasteiger partial charge in [-0.3, -0.25) is 0 Å². The molecule has 6 heteroatoms. The number of urea groups is 1. The quantitative estimate of drug-likeness (QED) is 0.795. The summed E-state index contributed by atoms with van der Waals surface area (Å²) in [6, 6.07) is 6.48. The van der Waals surface area contributed by atoms with Crippen LogP contribution in [0.3, 0.4) is 0 Å². The summed E-state index contributed by atoms with van der Waals surface area (Å²) in [7, 11) is 4.09. The van der Waals surface area contributed by atoms with E-state index in [2.05, 4.69) is 56.2 Å². The number of benzene rings is 1. The van der Waals surface area contributed by atoms with E-state index >= 15 is 0 Å². The van der Waals surface area contributed by atoms with Gasteiger partial charge in [-0.2, -0.15) is 0 Å². The van der Waals surface area contributed by atoms with Crippen molar-refractivity contribution >= 4 is 27.6 Å². The maximum Gasteiger partial charge on any atom is 0.317 e. The van der Waals surface area contributed by atoms with Crippen LogP contribution in [0.2, 0.25) is 0 Å². The Labute approximate surface area is 147 Å². The second-order valence-electron chi connectivity index (χ2n) is 6.32. The van der Waals surface area contributed by atoms with Crippen LogP contribution in [0.25, 0.3) is 0 Å². The number of nitrogens with zero attached hydrogens (tertiary/aromatic N) is 3. The van der Waals surface area contributed by atoms with Crippen LogP contribution in [0, 0.1) is 6.92 Å². The lowest BCUT2D eigenvalue weighted by Gasteiger charge is -2.36. The largest absolute Gasteiger partial charge is 0.367 e. The molecule has 2 amide bonds. The van der Waals surface area contributed by atoms with Crippen molar-refractivity contribution in [3.8, 4) is 0 Å². The minimum atomic E-state index is 0.0615. The molecule has 1 aliphatic heterocycles. The number of piperazine rings is 1. The number of carbonyl (C=O) groups is 1. The highest BCUT2D eigenvalue weighted by Gasteiger charge is 2.22. The van der Waals surface area contributed by atoms with Gasteiger partial charge in [0.1, 0.15) is 0 Å². The molecule has 1 fully saturated rings. The summed E-state index contributed by atoms with van der Waals surface area (Å²) in [5.74, 6) is 0. The van der Waals surface area contributed by atoms with Gasteiger partial charge in [0.15, 0.2) is 0 Å². The zero-order valence-electron chi connectivity index (χ0n) is 14.3. The highest BCUT2D eigenvalue weighted by molar-refractivity contribution is 9.10. The number of aryl methyl sites for hydroxylation is 1. The van der Waals surface area contributed by atoms with Crippen LogP contribution >= 0.6 is 15.9 Å². The van der Waals surface area contributed by atoms with Crippen molar-refractivity contribution in [1.82, 2.24) is 15.1 Å². The number of anilines is 1. The highest BCUT2D eigenvalue weighted by atomic mass is 79.9. The van der Waals surface area contributed by atoms with Crippen molar-refractivity contribution in [1.29, 1.82) is 0 Å². The molecule has 0 unspecified atom stereocenters. The van der Waals surface area contributed by atoms with Crippen LogP contribution in [-0.2, 0) is 0 Å². The first-order valence-electron chi connectivity index (χ1n) is 8.16. The lowest BCUT2D eigenvalue weighted by Crippen LogP contribution is -2.52. The number of hydrogen-bond donors (Lipinski definition) is 1. The van der Waals surface area contributed by atoms with Gasteiger partial charge in [-0.1, -0.05) is 6.07 Å². The first-order chi connectivity index (χ1) is 11.0. The summed E-state index contributed by atoms with van der Waals surface area (Å²) >= 11 is 3.64. The Morgan fingerprint density at radius 3 is 2.57 bits per heavy atom. The third-order valence-corrected chi connectivity index (χ3v) is 4.70. The third-order valence-electron chi connectivity index (χ3n) is 4.07. The van der Waals surface area contributed by atoms with Crippen LogP contribution in [0.15, 0.2) is 22.7 Å². The summed E-state index contributed by atoms with van der Waals surface area (Å²) in [5.41, 5.74) is 2.46. The second-order valence-corrected chi connectivity index (χ2v) is 7.17. The molecule has 128 valence electrons. The van der Waals surface area contributed by atoms with Crippen molar-refractivity contribution in [2.24, 2.45) is 0 Å². The van der Waals surface area contributed by atoms with E-state index in [0.29, 0.717) is 0 Å². The van der Waals surface area contributed by atoms with Gasteiger partial charge in [-0.15, -0.1) is 0 Å². The maximum absolute atomic E-state index is 12.2. The standard InChI is InChI=1S/C17H27BrN4O/c1-14-5-6-16(15(18)13-14)21-9-11-22(12-10-21)17(23)19-7-4-8-20(2)3/h5-6,13H,4,7-12H2,1-3H3,(H,19,23). The Bertz CT molecular complexity index is 527. The van der Waals surface area contributed by atoms with Gasteiger partial charge in [0.2, 0.25) is 0 Å². The Balaban J connectivity index is 1.78. The van der Waals surface area contributed by atoms with Crippen molar-refractivity contribution < 1.29 is 4.79 Å². The van der Waals surface area contributed by atoms with Gasteiger partial charge in [0.25, 0.3) is 0 Å². The molecule has 1 aromatic rings. The molecule has 5 nitrogen and oxygen atoms in total. The monoisotopic (exact) mass is 382 g/mol. The number of amides is 2. The molecule has 1 aromatic carbocycles. The predicted octanol–water partition coefficient (Wildman–Crippen LogP) is 2.54. The number of carbonyl (C=O) groups excluding carboxylic acids is 1. The summed E-state index contributed by atoms with van der Waals surface area (Å²) in [4.78, 5) is 18.5. The fraction of sp³-hybridized carbons (Fsp3) is 0.588. The fourth-order valence-electron chi connectivity index (χ4n) is 2.72. The molecule has 1 N–H and O–H groups in total. The number of nitrogens with one attached hydrogen (secondary N) is 1. The van der Waals surface area contributed by atoms with Crippen molar-refractivity contribution in [2.75, 3.05) is 58.3 Å². The molecule has 1 saturated heterocycles. The van der Waals surface area contributed by atoms with E-state index in [1.165, 1.54) is 11.3 Å². The SMILES string of the molecule is Cc1ccc(N2CCN(C(=O)NCCCN(C)C)CC2)c(Br)c1. The van der Waals surface area contributed by atoms with Crippen LogP contribution in [0.4, 0.5) is 10.5 Å². The van der Waals surface area contributed by atoms with E-state index in [1.54, 1.807) is 0 Å². The van der Waals surface area contributed by atoms with Crippen LogP contribution < -0.4 is 10.2 Å². The minimum Gasteiger partial charge on any atom is -0.367 e. The second kappa shape index (κ2) is 8.55. The smallest absolute Gasteiger partial charge is 0.317 e. The summed E-state index contributed by atoms with van der Waals surface area (Å²) in [6.07, 6.45) is 0.981. The van der Waals surface area contributed by atoms with E-state index in [-0.39, 0.29) is 6.03 Å². The van der Waals surface area contributed by atoms with Crippen molar-refractivity contribution in [3.63, 3.8) is 0 Å². The molecule has 0 saturated carbocycles. The van der Waals surface area contributed by atoms with E-state index in [4.69, 9.17) is 0 Å². The molecule has 1 aliphatic rings. The summed E-state index contributed by atoms with van der Waals surface area (Å²) in [6.45, 7) is 7.09. The Kier molecular flexibility index (Phi) is 6.72. The normalized spacial score (nSPS) is 15.2. The lowest BCUT2D eigenvalue weighted by atomic mass is 10.2. The zero-order valence-corrected chi connectivity index (χ0v) is 15.9. The molecule has 0 bridgehead atoms. The van der Waals surface area contributed by atoms with Crippen LogP contribution in [0.1, 0.15) is 12.0 Å². The molecule has 23 heavy (non-hydrogen) atoms. The average molecular weight is 383 g/mol. The molecule has 2 rings (SSSR count). The molecule has 0 spiro atoms. The van der Waals surface area contributed by atoms with E-state index in [1.807, 2.05) is 19.0 Å². The molecule has 1 heterocycles. The molecule has 0 atom stereocenters. The third kappa shape index (κ3) is 5.39. The fourth-order valence-corrected chi connectivity index (χ4v) is 3.47. The van der Waals surface area contributed by atoms with Gasteiger partial charge in [0.05, 0.1) is 5.69 Å². The van der Waals surface area contributed by atoms with Gasteiger partial charge in [0, 0.05) is 37.2 Å². The van der Waals surface area contributed by atoms with E-state index in [9.17, 15) is 4.79 Å². The Morgan fingerprint density at radius 1 is 1.26 bits per heavy atom. The highest BCUT2D eigenvalue weighted by Crippen LogP contribution is 2.28. The van der Waals surface area contributed by atoms with Gasteiger partial charge < -0.3 is 20.0 Å². The van der Waals surface area contributed by atoms with Crippen molar-refractivity contribution in [2.45, 2.75) is 13.3 Å². The first-order valence-corrected chi connectivity index (χ1v) is 8.95. The zero-order chi connectivity index (χ0) is 16.8. The van der Waals surface area contributed by atoms with Gasteiger partial charge in [-0.05, 0) is 67.6 Å². The van der Waals surface area contributed by atoms with Crippen molar-refractivity contribution in [3.05, 3.63) is 28.2 Å². The van der Waals surface area contributed by atoms with E-state index in [0.717, 1.165) is 50.2 Å².